The zero-order valence-corrected chi connectivity index (χ0v) is 12.5. The van der Waals surface area contributed by atoms with Gasteiger partial charge in [0.2, 0.25) is 0 Å². The van der Waals surface area contributed by atoms with Crippen molar-refractivity contribution in [2.45, 2.75) is 13.3 Å². The third kappa shape index (κ3) is 3.00. The molecule has 2 nitrogen and oxygen atoms in total. The molecule has 0 atom stereocenters. The number of nitrogens with zero attached hydrogens (tertiary/aromatic N) is 1. The number of fused-ring (bicyclic) bond motifs is 1. The van der Waals surface area contributed by atoms with Crippen LogP contribution in [0.2, 0.25) is 5.15 Å². The average molecular weight is 332 g/mol. The molecule has 0 aliphatic carbocycles. The van der Waals surface area contributed by atoms with E-state index in [0.29, 0.717) is 5.15 Å². The quantitative estimate of drug-likeness (QED) is 0.623. The number of halogens is 2. The summed E-state index contributed by atoms with van der Waals surface area (Å²) in [5, 5.41) is 5.90. The molecule has 90 valence electrons. The summed E-state index contributed by atoms with van der Waals surface area (Å²) >= 11 is 11.1. The number of thiophene rings is 1. The van der Waals surface area contributed by atoms with Gasteiger partial charge < -0.3 is 5.32 Å². The Hall–Kier alpha value is -0.580. The van der Waals surface area contributed by atoms with E-state index in [1.54, 1.807) is 11.3 Å². The highest BCUT2D eigenvalue weighted by Gasteiger charge is 2.09. The maximum Gasteiger partial charge on any atom is 0.131 e. The molecule has 0 fully saturated rings. The molecule has 0 spiro atoms. The van der Waals surface area contributed by atoms with Crippen LogP contribution in [0.3, 0.4) is 0 Å². The van der Waals surface area contributed by atoms with Crippen LogP contribution < -0.4 is 5.32 Å². The van der Waals surface area contributed by atoms with E-state index in [-0.39, 0.29) is 0 Å². The van der Waals surface area contributed by atoms with Gasteiger partial charge in [-0.3, -0.25) is 0 Å². The van der Waals surface area contributed by atoms with Gasteiger partial charge in [0.1, 0.15) is 5.15 Å². The molecule has 2 aromatic rings. The van der Waals surface area contributed by atoms with Crippen molar-refractivity contribution in [1.82, 2.24) is 4.98 Å². The summed E-state index contributed by atoms with van der Waals surface area (Å²) in [4.78, 5) is 4.31. The van der Waals surface area contributed by atoms with Crippen molar-refractivity contribution < 1.29 is 0 Å². The number of nitrogens with one attached hydrogen (secondary N) is 1. The number of allylic oxidation sites excluding steroid dienone is 1. The smallest absolute Gasteiger partial charge is 0.131 e. The summed E-state index contributed by atoms with van der Waals surface area (Å²) in [6, 6.07) is 1.87. The van der Waals surface area contributed by atoms with Crippen molar-refractivity contribution in [1.29, 1.82) is 0 Å². The third-order valence-electron chi connectivity index (χ3n) is 2.26. The lowest BCUT2D eigenvalue weighted by Crippen LogP contribution is -1.98. The van der Waals surface area contributed by atoms with Crippen molar-refractivity contribution in [3.63, 3.8) is 0 Å². The Bertz CT molecular complexity index is 551. The minimum absolute atomic E-state index is 0.513. The number of rotatable bonds is 4. The summed E-state index contributed by atoms with van der Waals surface area (Å²) in [7, 11) is 0. The van der Waals surface area contributed by atoms with Gasteiger partial charge in [0.25, 0.3) is 0 Å². The molecule has 0 aliphatic heterocycles. The Morgan fingerprint density at radius 3 is 3.12 bits per heavy atom. The second-order valence-corrected chi connectivity index (χ2v) is 5.64. The normalized spacial score (nSPS) is 11.5. The molecule has 0 saturated carbocycles. The van der Waals surface area contributed by atoms with Gasteiger partial charge in [0.05, 0.1) is 20.4 Å². The molecule has 0 unspecified atom stereocenters. The van der Waals surface area contributed by atoms with Crippen molar-refractivity contribution in [3.8, 4) is 0 Å². The van der Waals surface area contributed by atoms with E-state index < -0.39 is 0 Å². The molecular formula is C12H12BrClN2S. The van der Waals surface area contributed by atoms with Crippen molar-refractivity contribution in [2.75, 3.05) is 11.9 Å². The first-order chi connectivity index (χ1) is 8.22. The summed E-state index contributed by atoms with van der Waals surface area (Å²) < 4.78 is 2.12. The number of hydrogen-bond acceptors (Lipinski definition) is 3. The van der Waals surface area contributed by atoms with E-state index in [1.807, 2.05) is 11.4 Å². The highest BCUT2D eigenvalue weighted by atomic mass is 79.9. The van der Waals surface area contributed by atoms with Crippen molar-refractivity contribution in [3.05, 3.63) is 33.2 Å². The van der Waals surface area contributed by atoms with E-state index in [4.69, 9.17) is 11.6 Å². The van der Waals surface area contributed by atoms with Crippen LogP contribution >= 0.6 is 38.9 Å². The van der Waals surface area contributed by atoms with Crippen molar-refractivity contribution >= 4 is 54.8 Å². The first kappa shape index (κ1) is 12.9. The van der Waals surface area contributed by atoms with Crippen LogP contribution in [0.15, 0.2) is 28.1 Å². The second kappa shape index (κ2) is 5.85. The number of anilines is 1. The molecule has 0 bridgehead atoms. The summed E-state index contributed by atoms with van der Waals surface area (Å²) in [6.07, 6.45) is 5.30. The predicted molar refractivity (Wildman–Crippen MR) is 80.3 cm³/mol. The van der Waals surface area contributed by atoms with E-state index in [9.17, 15) is 0 Å². The van der Waals surface area contributed by atoms with Gasteiger partial charge >= 0.3 is 0 Å². The van der Waals surface area contributed by atoms with E-state index in [0.717, 1.165) is 33.3 Å². The lowest BCUT2D eigenvalue weighted by Gasteiger charge is -2.05. The number of aromatic nitrogens is 1. The SMILES string of the molecule is CC/C=C/CNc1cc(Cl)nc2c(Br)csc12. The van der Waals surface area contributed by atoms with Gasteiger partial charge in [0, 0.05) is 18.0 Å². The maximum atomic E-state index is 6.01. The molecule has 17 heavy (non-hydrogen) atoms. The standard InChI is InChI=1S/C12H12BrClN2S/c1-2-3-4-5-15-9-6-10(14)16-11-8(13)7-17-12(9)11/h3-4,6-7H,2,5H2,1H3,(H,15,16)/b4-3+. The summed E-state index contributed by atoms with van der Waals surface area (Å²) in [5.41, 5.74) is 1.96. The second-order valence-electron chi connectivity index (χ2n) is 3.51. The van der Waals surface area contributed by atoms with E-state index in [1.165, 1.54) is 0 Å². The maximum absolute atomic E-state index is 6.01. The molecule has 0 aromatic carbocycles. The van der Waals surface area contributed by atoms with Gasteiger partial charge in [-0.15, -0.1) is 11.3 Å². The molecule has 2 aromatic heterocycles. The minimum atomic E-state index is 0.513. The van der Waals surface area contributed by atoms with E-state index >= 15 is 0 Å². The lowest BCUT2D eigenvalue weighted by molar-refractivity contribution is 1.20. The first-order valence-electron chi connectivity index (χ1n) is 5.34. The Balaban J connectivity index is 2.29. The molecule has 1 N–H and O–H groups in total. The van der Waals surface area contributed by atoms with E-state index in [2.05, 4.69) is 45.3 Å². The fraction of sp³-hybridized carbons (Fsp3) is 0.250. The van der Waals surface area contributed by atoms with Crippen LogP contribution in [0.25, 0.3) is 10.2 Å². The highest BCUT2D eigenvalue weighted by molar-refractivity contribution is 9.10. The van der Waals surface area contributed by atoms with Crippen LogP contribution in [0.5, 0.6) is 0 Å². The predicted octanol–water partition coefficient (Wildman–Crippen LogP) is 5.09. The van der Waals surface area contributed by atoms with Crippen LogP contribution in [0.1, 0.15) is 13.3 Å². The first-order valence-corrected chi connectivity index (χ1v) is 7.39. The Kier molecular flexibility index (Phi) is 4.42. The minimum Gasteiger partial charge on any atom is -0.380 e. The summed E-state index contributed by atoms with van der Waals surface area (Å²) in [5.74, 6) is 0. The van der Waals surface area contributed by atoms with Crippen LogP contribution in [0, 0.1) is 0 Å². The fourth-order valence-corrected chi connectivity index (χ4v) is 3.25. The lowest BCUT2D eigenvalue weighted by atomic mass is 10.3. The molecule has 0 aliphatic rings. The third-order valence-corrected chi connectivity index (χ3v) is 4.36. The van der Waals surface area contributed by atoms with Crippen LogP contribution in [-0.2, 0) is 0 Å². The van der Waals surface area contributed by atoms with Gasteiger partial charge in [0.15, 0.2) is 0 Å². The van der Waals surface area contributed by atoms with Crippen molar-refractivity contribution in [2.24, 2.45) is 0 Å². The molecule has 5 heteroatoms. The van der Waals surface area contributed by atoms with Crippen LogP contribution in [0.4, 0.5) is 5.69 Å². The fourth-order valence-electron chi connectivity index (χ4n) is 1.50. The van der Waals surface area contributed by atoms with Gasteiger partial charge in [-0.25, -0.2) is 4.98 Å². The van der Waals surface area contributed by atoms with Crippen LogP contribution in [-0.4, -0.2) is 11.5 Å². The Morgan fingerprint density at radius 1 is 1.53 bits per heavy atom. The zero-order valence-electron chi connectivity index (χ0n) is 9.34. The molecule has 2 heterocycles. The largest absolute Gasteiger partial charge is 0.380 e. The Labute approximate surface area is 118 Å². The summed E-state index contributed by atoms with van der Waals surface area (Å²) in [6.45, 7) is 2.92. The highest BCUT2D eigenvalue weighted by Crippen LogP contribution is 2.35. The van der Waals surface area contributed by atoms with Gasteiger partial charge in [-0.2, -0.15) is 0 Å². The Morgan fingerprint density at radius 2 is 2.35 bits per heavy atom. The number of hydrogen-bond donors (Lipinski definition) is 1. The molecule has 0 amide bonds. The molecule has 0 radical (unpaired) electrons. The molecular weight excluding hydrogens is 320 g/mol. The van der Waals surface area contributed by atoms with Gasteiger partial charge in [-0.1, -0.05) is 30.7 Å². The van der Waals surface area contributed by atoms with Gasteiger partial charge in [-0.05, 0) is 22.4 Å². The average Bonchev–Trinajstić information content (AvgIpc) is 2.67. The topological polar surface area (TPSA) is 24.9 Å². The monoisotopic (exact) mass is 330 g/mol. The zero-order chi connectivity index (χ0) is 12.3. The number of pyridine rings is 1. The molecule has 0 saturated heterocycles. The molecule has 2 rings (SSSR count).